The van der Waals surface area contributed by atoms with Gasteiger partial charge in [-0.2, -0.15) is 0 Å². The van der Waals surface area contributed by atoms with Crippen LogP contribution in [0.1, 0.15) is 37.3 Å². The maximum absolute atomic E-state index is 16.1. The van der Waals surface area contributed by atoms with E-state index in [1.54, 1.807) is 12.3 Å². The van der Waals surface area contributed by atoms with Gasteiger partial charge in [-0.3, -0.25) is 0 Å². The smallest absolute Gasteiger partial charge is 0.287 e. The van der Waals surface area contributed by atoms with Crippen molar-refractivity contribution in [3.05, 3.63) is 65.6 Å². The van der Waals surface area contributed by atoms with E-state index in [0.717, 1.165) is 28.7 Å². The van der Waals surface area contributed by atoms with Crippen molar-refractivity contribution >= 4 is 0 Å². The Bertz CT molecular complexity index is 1150. The van der Waals surface area contributed by atoms with E-state index >= 15 is 8.78 Å². The van der Waals surface area contributed by atoms with E-state index in [9.17, 15) is 13.9 Å². The molecule has 1 aromatic carbocycles. The molecule has 0 spiro atoms. The van der Waals surface area contributed by atoms with Crippen LogP contribution in [0.5, 0.6) is 5.88 Å². The molecule has 3 saturated carbocycles. The highest BCUT2D eigenvalue weighted by atomic mass is 19.3. The van der Waals surface area contributed by atoms with E-state index in [0.29, 0.717) is 18.6 Å². The van der Waals surface area contributed by atoms with Crippen molar-refractivity contribution in [1.82, 2.24) is 25.2 Å². The highest BCUT2D eigenvalue weighted by molar-refractivity contribution is 5.42. The number of nitrogens with zero attached hydrogens (tertiary/aromatic N) is 5. The molecule has 1 atom stereocenters. The third kappa shape index (κ3) is 3.05. The molecule has 0 saturated heterocycles. The van der Waals surface area contributed by atoms with E-state index in [4.69, 9.17) is 4.74 Å². The Kier molecular flexibility index (Phi) is 4.75. The number of pyridine rings is 1. The monoisotopic (exact) mass is 463 g/mol. The minimum absolute atomic E-state index is 0.101. The molecular formula is C22H21F4N5O2. The Labute approximate surface area is 186 Å². The number of halogens is 4. The third-order valence-electron chi connectivity index (χ3n) is 7.02. The van der Waals surface area contributed by atoms with Crippen LogP contribution in [-0.4, -0.2) is 42.8 Å². The zero-order valence-electron chi connectivity index (χ0n) is 17.7. The van der Waals surface area contributed by atoms with Crippen LogP contribution >= 0.6 is 0 Å². The Morgan fingerprint density at radius 1 is 1.15 bits per heavy atom. The number of benzene rings is 1. The van der Waals surface area contributed by atoms with Gasteiger partial charge in [0.2, 0.25) is 5.88 Å². The first-order valence-electron chi connectivity index (χ1n) is 10.5. The number of hydrogen-bond acceptors (Lipinski definition) is 6. The van der Waals surface area contributed by atoms with Crippen molar-refractivity contribution in [3.63, 3.8) is 0 Å². The van der Waals surface area contributed by atoms with Crippen molar-refractivity contribution in [2.45, 2.75) is 49.7 Å². The quantitative estimate of drug-likeness (QED) is 0.516. The lowest BCUT2D eigenvalue weighted by atomic mass is 9.30. The first-order chi connectivity index (χ1) is 15.6. The lowest BCUT2D eigenvalue weighted by molar-refractivity contribution is -0.347. The van der Waals surface area contributed by atoms with Gasteiger partial charge in [-0.05, 0) is 59.7 Å². The molecule has 2 heterocycles. The number of aromatic nitrogens is 5. The second-order valence-corrected chi connectivity index (χ2v) is 8.98. The maximum atomic E-state index is 16.1. The lowest BCUT2D eigenvalue weighted by Crippen LogP contribution is -2.76. The summed E-state index contributed by atoms with van der Waals surface area (Å²) < 4.78 is 66.6. The summed E-state index contributed by atoms with van der Waals surface area (Å²) in [5, 5.41) is 21.7. The maximum Gasteiger partial charge on any atom is 0.287 e. The van der Waals surface area contributed by atoms with Gasteiger partial charge in [0.05, 0.1) is 13.2 Å². The Hall–Kier alpha value is -3.08. The highest BCUT2D eigenvalue weighted by Gasteiger charge is 2.82. The summed E-state index contributed by atoms with van der Waals surface area (Å²) in [5.41, 5.74) is -4.90. The Morgan fingerprint density at radius 3 is 2.48 bits per heavy atom. The van der Waals surface area contributed by atoms with E-state index < -0.39 is 46.1 Å². The Morgan fingerprint density at radius 2 is 1.91 bits per heavy atom. The van der Waals surface area contributed by atoms with Gasteiger partial charge in [-0.1, -0.05) is 6.07 Å². The minimum atomic E-state index is -3.76. The van der Waals surface area contributed by atoms with E-state index in [2.05, 4.69) is 20.5 Å². The third-order valence-corrected chi connectivity index (χ3v) is 7.02. The molecule has 3 fully saturated rings. The fourth-order valence-electron chi connectivity index (χ4n) is 5.46. The molecule has 3 aliphatic rings. The van der Waals surface area contributed by atoms with Crippen molar-refractivity contribution in [2.24, 2.45) is 5.41 Å². The normalized spacial score (nSPS) is 25.6. The second kappa shape index (κ2) is 7.21. The van der Waals surface area contributed by atoms with Gasteiger partial charge in [-0.15, -0.1) is 5.10 Å². The molecule has 174 valence electrons. The van der Waals surface area contributed by atoms with Crippen LogP contribution in [0.25, 0.3) is 0 Å². The van der Waals surface area contributed by atoms with Crippen LogP contribution in [0, 0.1) is 17.0 Å². The van der Waals surface area contributed by atoms with E-state index in [1.165, 1.54) is 0 Å². The molecule has 2 aromatic heterocycles. The zero-order chi connectivity index (χ0) is 23.5. The number of ether oxygens (including phenoxy) is 1. The molecular weight excluding hydrogens is 442 g/mol. The molecule has 0 radical (unpaired) electrons. The topological polar surface area (TPSA) is 86.0 Å². The molecule has 2 bridgehead atoms. The average Bonchev–Trinajstić information content (AvgIpc) is 3.20. The lowest BCUT2D eigenvalue weighted by Gasteiger charge is -2.74. The molecule has 1 N–H and O–H groups in total. The summed E-state index contributed by atoms with van der Waals surface area (Å²) in [4.78, 5) is 4.22. The van der Waals surface area contributed by atoms with Gasteiger partial charge in [0, 0.05) is 29.3 Å². The van der Waals surface area contributed by atoms with Crippen LogP contribution in [-0.2, 0) is 17.6 Å². The van der Waals surface area contributed by atoms with Crippen LogP contribution in [0.2, 0.25) is 0 Å². The summed E-state index contributed by atoms with van der Waals surface area (Å²) in [6.45, 7) is 1.50. The molecule has 0 aliphatic heterocycles. The van der Waals surface area contributed by atoms with Crippen molar-refractivity contribution in [2.75, 3.05) is 6.61 Å². The van der Waals surface area contributed by atoms with E-state index in [-0.39, 0.29) is 19.3 Å². The summed E-state index contributed by atoms with van der Waals surface area (Å²) in [6.07, 6.45) is 2.98. The first kappa shape index (κ1) is 21.7. The molecule has 3 aliphatic carbocycles. The predicted molar refractivity (Wildman–Crippen MR) is 106 cm³/mol. The van der Waals surface area contributed by atoms with Crippen LogP contribution in [0.4, 0.5) is 17.6 Å². The number of tetrazole rings is 1. The first-order valence-corrected chi connectivity index (χ1v) is 10.5. The molecule has 0 amide bonds. The number of hydrogen-bond donors (Lipinski definition) is 1. The molecule has 11 heteroatoms. The van der Waals surface area contributed by atoms with E-state index in [1.807, 2.05) is 13.0 Å². The van der Waals surface area contributed by atoms with Gasteiger partial charge < -0.3 is 9.84 Å². The molecule has 0 unspecified atom stereocenters. The highest BCUT2D eigenvalue weighted by Crippen LogP contribution is 2.80. The van der Waals surface area contributed by atoms with Gasteiger partial charge in [0.15, 0.2) is 5.60 Å². The van der Waals surface area contributed by atoms with Crippen molar-refractivity contribution in [1.29, 1.82) is 0 Å². The van der Waals surface area contributed by atoms with Crippen LogP contribution in [0.15, 0.2) is 42.9 Å². The van der Waals surface area contributed by atoms with Crippen molar-refractivity contribution in [3.8, 4) is 5.88 Å². The second-order valence-electron chi connectivity index (χ2n) is 8.98. The number of aliphatic hydroxyl groups is 1. The predicted octanol–water partition coefficient (Wildman–Crippen LogP) is 3.39. The van der Waals surface area contributed by atoms with Gasteiger partial charge >= 0.3 is 0 Å². The largest absolute Gasteiger partial charge is 0.478 e. The molecule has 7 nitrogen and oxygen atoms in total. The van der Waals surface area contributed by atoms with Crippen LogP contribution in [0.3, 0.4) is 0 Å². The fraction of sp³-hybridized carbons (Fsp3) is 0.455. The standard InChI is InChI=1S/C22H21F4N5O2/c1-2-33-18-6-3-14(8-27-18)19-9-20(10-19,11-19)22(25,26)21(32,12-31-13-28-29-30-31)16-5-4-15(23)7-17(16)24/h3-8,13,32H,2,9-12H2,1H3/t19?,20?,21-/m0/s1. The molecule has 6 rings (SSSR count). The van der Waals surface area contributed by atoms with Crippen LogP contribution < -0.4 is 4.74 Å². The van der Waals surface area contributed by atoms with Gasteiger partial charge in [0.1, 0.15) is 18.0 Å². The summed E-state index contributed by atoms with van der Waals surface area (Å²) in [5.74, 6) is -5.50. The summed E-state index contributed by atoms with van der Waals surface area (Å²) in [6, 6.07) is 5.68. The SMILES string of the molecule is CCOc1ccc(C23CC(C(F)(F)[C@](O)(Cn4cnnn4)c4ccc(F)cc4F)(C2)C3)cn1. The zero-order valence-corrected chi connectivity index (χ0v) is 17.7. The summed E-state index contributed by atoms with van der Waals surface area (Å²) in [7, 11) is 0. The Balaban J connectivity index is 1.46. The molecule has 3 aromatic rings. The average molecular weight is 463 g/mol. The van der Waals surface area contributed by atoms with Gasteiger partial charge in [0.25, 0.3) is 5.92 Å². The number of rotatable bonds is 8. The van der Waals surface area contributed by atoms with Crippen molar-refractivity contribution < 1.29 is 27.4 Å². The summed E-state index contributed by atoms with van der Waals surface area (Å²) >= 11 is 0. The molecule has 33 heavy (non-hydrogen) atoms. The minimum Gasteiger partial charge on any atom is -0.478 e. The van der Waals surface area contributed by atoms with Gasteiger partial charge in [-0.25, -0.2) is 27.2 Å². The fourth-order valence-corrected chi connectivity index (χ4v) is 5.46. The number of alkyl halides is 2.